The molecule has 1 aromatic carbocycles. The van der Waals surface area contributed by atoms with Crippen LogP contribution in [0.25, 0.3) is 0 Å². The number of aliphatic carboxylic acids is 1. The van der Waals surface area contributed by atoms with E-state index in [1.54, 1.807) is 4.72 Å². The maximum absolute atomic E-state index is 12.0. The fourth-order valence-electron chi connectivity index (χ4n) is 1.26. The second-order valence-electron chi connectivity index (χ2n) is 3.72. The first-order chi connectivity index (χ1) is 9.55. The molecule has 0 fully saturated rings. The number of carboxylic acids is 1. The molecule has 0 aliphatic rings. The van der Waals surface area contributed by atoms with E-state index in [-0.39, 0.29) is 0 Å². The Hall–Kier alpha value is -1.85. The lowest BCUT2D eigenvalue weighted by Crippen LogP contribution is -2.43. The molecular formula is C10H10F3NO6S. The van der Waals surface area contributed by atoms with Crippen molar-refractivity contribution in [2.45, 2.75) is 17.3 Å². The topological polar surface area (TPSA) is 113 Å². The van der Waals surface area contributed by atoms with Crippen LogP contribution in [-0.4, -0.2) is 43.6 Å². The third kappa shape index (κ3) is 5.21. The molecule has 118 valence electrons. The molecule has 0 radical (unpaired) electrons. The van der Waals surface area contributed by atoms with Crippen LogP contribution < -0.4 is 9.46 Å². The van der Waals surface area contributed by atoms with E-state index in [2.05, 4.69) is 4.74 Å². The number of carboxylic acid groups (broad SMARTS) is 1. The number of alkyl halides is 3. The predicted molar refractivity (Wildman–Crippen MR) is 62.0 cm³/mol. The van der Waals surface area contributed by atoms with E-state index in [1.165, 1.54) is 0 Å². The SMILES string of the molecule is O=C(O)[C@@H](CO)NS(=O)(=O)c1cccc(OC(F)(F)F)c1. The molecule has 0 aliphatic heterocycles. The first-order valence-electron chi connectivity index (χ1n) is 5.27. The van der Waals surface area contributed by atoms with Crippen LogP contribution >= 0.6 is 0 Å². The lowest BCUT2D eigenvalue weighted by Gasteiger charge is -2.13. The summed E-state index contributed by atoms with van der Waals surface area (Å²) in [6.45, 7) is -1.02. The fourth-order valence-corrected chi connectivity index (χ4v) is 2.47. The monoisotopic (exact) mass is 329 g/mol. The molecule has 1 rings (SSSR count). The number of rotatable bonds is 6. The number of benzene rings is 1. The van der Waals surface area contributed by atoms with Crippen LogP contribution in [0.4, 0.5) is 13.2 Å². The number of sulfonamides is 1. The van der Waals surface area contributed by atoms with Crippen LogP contribution in [-0.2, 0) is 14.8 Å². The highest BCUT2D eigenvalue weighted by molar-refractivity contribution is 7.89. The van der Waals surface area contributed by atoms with Gasteiger partial charge in [-0.1, -0.05) is 6.07 Å². The predicted octanol–water partition coefficient (Wildman–Crippen LogP) is 0.309. The van der Waals surface area contributed by atoms with Gasteiger partial charge in [-0.3, -0.25) is 4.79 Å². The molecule has 0 aromatic heterocycles. The van der Waals surface area contributed by atoms with Gasteiger partial charge < -0.3 is 14.9 Å². The molecular weight excluding hydrogens is 319 g/mol. The van der Waals surface area contributed by atoms with Gasteiger partial charge in [0.2, 0.25) is 10.0 Å². The molecule has 3 N–H and O–H groups in total. The van der Waals surface area contributed by atoms with Crippen molar-refractivity contribution < 1.29 is 41.3 Å². The molecule has 0 aliphatic carbocycles. The molecule has 0 saturated heterocycles. The van der Waals surface area contributed by atoms with Gasteiger partial charge in [-0.25, -0.2) is 8.42 Å². The van der Waals surface area contributed by atoms with Gasteiger partial charge >= 0.3 is 12.3 Å². The highest BCUT2D eigenvalue weighted by Gasteiger charge is 2.32. The van der Waals surface area contributed by atoms with Gasteiger partial charge in [0.1, 0.15) is 11.8 Å². The summed E-state index contributed by atoms with van der Waals surface area (Å²) in [5, 5.41) is 17.4. The van der Waals surface area contributed by atoms with Crippen LogP contribution in [0.2, 0.25) is 0 Å². The van der Waals surface area contributed by atoms with Gasteiger partial charge in [0.05, 0.1) is 11.5 Å². The highest BCUT2D eigenvalue weighted by Crippen LogP contribution is 2.24. The summed E-state index contributed by atoms with van der Waals surface area (Å²) in [7, 11) is -4.43. The maximum atomic E-state index is 12.0. The summed E-state index contributed by atoms with van der Waals surface area (Å²) in [6, 6.07) is 1.58. The smallest absolute Gasteiger partial charge is 0.480 e. The van der Waals surface area contributed by atoms with E-state index in [0.29, 0.717) is 6.07 Å². The van der Waals surface area contributed by atoms with E-state index in [9.17, 15) is 26.4 Å². The molecule has 0 heterocycles. The molecule has 1 aromatic rings. The summed E-state index contributed by atoms with van der Waals surface area (Å²) in [6.07, 6.45) is -5.00. The zero-order valence-electron chi connectivity index (χ0n) is 10.2. The van der Waals surface area contributed by atoms with Gasteiger partial charge in [-0.05, 0) is 12.1 Å². The van der Waals surface area contributed by atoms with Crippen LogP contribution in [0, 0.1) is 0 Å². The number of hydrogen-bond donors (Lipinski definition) is 3. The van der Waals surface area contributed by atoms with E-state index < -0.39 is 45.6 Å². The second-order valence-corrected chi connectivity index (χ2v) is 5.43. The lowest BCUT2D eigenvalue weighted by molar-refractivity contribution is -0.274. The Morgan fingerprint density at radius 3 is 2.48 bits per heavy atom. The Morgan fingerprint density at radius 2 is 2.00 bits per heavy atom. The molecule has 7 nitrogen and oxygen atoms in total. The van der Waals surface area contributed by atoms with E-state index >= 15 is 0 Å². The number of carbonyl (C=O) groups is 1. The van der Waals surface area contributed by atoms with Crippen LogP contribution in [0.3, 0.4) is 0 Å². The first-order valence-corrected chi connectivity index (χ1v) is 6.75. The molecule has 0 bridgehead atoms. The van der Waals surface area contributed by atoms with Crippen LogP contribution in [0.1, 0.15) is 0 Å². The van der Waals surface area contributed by atoms with E-state index in [4.69, 9.17) is 10.2 Å². The zero-order valence-corrected chi connectivity index (χ0v) is 11.0. The molecule has 21 heavy (non-hydrogen) atoms. The minimum Gasteiger partial charge on any atom is -0.480 e. The van der Waals surface area contributed by atoms with Gasteiger partial charge in [0.25, 0.3) is 0 Å². The molecule has 0 amide bonds. The van der Waals surface area contributed by atoms with Gasteiger partial charge in [-0.15, -0.1) is 13.2 Å². The Kier molecular flexibility index (Phi) is 5.15. The fraction of sp³-hybridized carbons (Fsp3) is 0.300. The molecule has 1 atom stereocenters. The number of ether oxygens (including phenoxy) is 1. The minimum absolute atomic E-state index is 0.576. The third-order valence-corrected chi connectivity index (χ3v) is 3.60. The quantitative estimate of drug-likeness (QED) is 0.692. The summed E-state index contributed by atoms with van der Waals surface area (Å²) < 4.78 is 64.9. The second kappa shape index (κ2) is 6.28. The van der Waals surface area contributed by atoms with Crippen LogP contribution in [0.15, 0.2) is 29.2 Å². The van der Waals surface area contributed by atoms with Crippen molar-refractivity contribution >= 4 is 16.0 Å². The average molecular weight is 329 g/mol. The first kappa shape index (κ1) is 17.2. The van der Waals surface area contributed by atoms with Gasteiger partial charge in [0.15, 0.2) is 0 Å². The largest absolute Gasteiger partial charge is 0.573 e. The number of aliphatic hydroxyl groups excluding tert-OH is 1. The van der Waals surface area contributed by atoms with E-state index in [1.807, 2.05) is 0 Å². The Balaban J connectivity index is 3.04. The van der Waals surface area contributed by atoms with Crippen molar-refractivity contribution in [3.63, 3.8) is 0 Å². The third-order valence-electron chi connectivity index (χ3n) is 2.13. The van der Waals surface area contributed by atoms with Crippen molar-refractivity contribution in [1.29, 1.82) is 0 Å². The van der Waals surface area contributed by atoms with Crippen molar-refractivity contribution in [2.75, 3.05) is 6.61 Å². The Bertz CT molecular complexity index is 615. The van der Waals surface area contributed by atoms with Crippen molar-refractivity contribution in [1.82, 2.24) is 4.72 Å². The summed E-state index contributed by atoms with van der Waals surface area (Å²) in [4.78, 5) is 10.00. The van der Waals surface area contributed by atoms with Crippen molar-refractivity contribution in [3.8, 4) is 5.75 Å². The lowest BCUT2D eigenvalue weighted by atomic mass is 10.3. The molecule has 0 unspecified atom stereocenters. The molecule has 11 heteroatoms. The van der Waals surface area contributed by atoms with Crippen molar-refractivity contribution in [2.24, 2.45) is 0 Å². The van der Waals surface area contributed by atoms with Crippen LogP contribution in [0.5, 0.6) is 5.75 Å². The molecule has 0 spiro atoms. The number of halogens is 3. The van der Waals surface area contributed by atoms with Gasteiger partial charge in [-0.2, -0.15) is 4.72 Å². The number of aliphatic hydroxyl groups is 1. The number of nitrogens with one attached hydrogen (secondary N) is 1. The normalized spacial score (nSPS) is 13.7. The average Bonchev–Trinajstić information content (AvgIpc) is 2.34. The zero-order chi connectivity index (χ0) is 16.3. The highest BCUT2D eigenvalue weighted by atomic mass is 32.2. The summed E-state index contributed by atoms with van der Waals surface area (Å²) in [5.74, 6) is -2.41. The van der Waals surface area contributed by atoms with Crippen molar-refractivity contribution in [3.05, 3.63) is 24.3 Å². The van der Waals surface area contributed by atoms with E-state index in [0.717, 1.165) is 18.2 Å². The molecule has 0 saturated carbocycles. The maximum Gasteiger partial charge on any atom is 0.573 e. The summed E-state index contributed by atoms with van der Waals surface area (Å²) in [5.41, 5.74) is 0. The Morgan fingerprint density at radius 1 is 1.38 bits per heavy atom. The Labute approximate surface area is 117 Å². The minimum atomic E-state index is -5.00. The standard InChI is InChI=1S/C10H10F3NO6S/c11-10(12,13)20-6-2-1-3-7(4-6)21(18,19)14-8(5-15)9(16)17/h1-4,8,14-15H,5H2,(H,16,17)/t8-/m1/s1. The number of hydrogen-bond acceptors (Lipinski definition) is 5. The summed E-state index contributed by atoms with van der Waals surface area (Å²) >= 11 is 0. The van der Waals surface area contributed by atoms with Gasteiger partial charge in [0, 0.05) is 6.07 Å².